The molecule has 0 atom stereocenters. The van der Waals surface area contributed by atoms with Gasteiger partial charge in [0.15, 0.2) is 0 Å². The molecule has 5 nitrogen and oxygen atoms in total. The Kier molecular flexibility index (Phi) is 7.05. The third kappa shape index (κ3) is 7.73. The smallest absolute Gasteiger partial charge is 0.306 e. The third-order valence-corrected chi connectivity index (χ3v) is 3.72. The first-order chi connectivity index (χ1) is 11.8. The van der Waals surface area contributed by atoms with Gasteiger partial charge in [0.2, 0.25) is 0 Å². The molecule has 2 aromatic rings. The number of carbonyl (C=O) groups is 1. The van der Waals surface area contributed by atoms with Crippen molar-refractivity contribution in [1.82, 2.24) is 9.78 Å². The maximum Gasteiger partial charge on any atom is 0.306 e. The summed E-state index contributed by atoms with van der Waals surface area (Å²) < 4.78 is 13.9. The minimum atomic E-state index is -0.418. The molecule has 1 heterocycles. The molecule has 0 aliphatic rings. The summed E-state index contributed by atoms with van der Waals surface area (Å²) in [6.45, 7) is 6.91. The van der Waals surface area contributed by atoms with Crippen LogP contribution in [0.3, 0.4) is 0 Å². The molecule has 136 valence electrons. The van der Waals surface area contributed by atoms with Crippen LogP contribution in [0.15, 0.2) is 41.1 Å². The zero-order valence-electron chi connectivity index (χ0n) is 15.0. The predicted octanol–water partition coefficient (Wildman–Crippen LogP) is 4.58. The van der Waals surface area contributed by atoms with E-state index in [1.54, 1.807) is 6.20 Å². The van der Waals surface area contributed by atoms with Gasteiger partial charge < -0.3 is 9.47 Å². The van der Waals surface area contributed by atoms with Gasteiger partial charge in [-0.2, -0.15) is 5.10 Å². The molecule has 0 fully saturated rings. The van der Waals surface area contributed by atoms with Gasteiger partial charge in [0.05, 0.1) is 23.8 Å². The van der Waals surface area contributed by atoms with Crippen LogP contribution in [0.2, 0.25) is 0 Å². The first-order valence-electron chi connectivity index (χ1n) is 8.43. The molecule has 0 aliphatic heterocycles. The first-order valence-corrected chi connectivity index (χ1v) is 9.23. The maximum atomic E-state index is 11.6. The average molecular weight is 409 g/mol. The Morgan fingerprint density at radius 2 is 2.08 bits per heavy atom. The summed E-state index contributed by atoms with van der Waals surface area (Å²) in [5, 5.41) is 4.25. The van der Waals surface area contributed by atoms with E-state index in [9.17, 15) is 4.79 Å². The van der Waals surface area contributed by atoms with Crippen molar-refractivity contribution in [3.63, 3.8) is 0 Å². The summed E-state index contributed by atoms with van der Waals surface area (Å²) in [4.78, 5) is 11.6. The molecule has 0 unspecified atom stereocenters. The molecule has 0 saturated carbocycles. The van der Waals surface area contributed by atoms with Crippen molar-refractivity contribution < 1.29 is 14.3 Å². The number of carbonyl (C=O) groups excluding carboxylic acids is 1. The maximum absolute atomic E-state index is 11.6. The van der Waals surface area contributed by atoms with Crippen LogP contribution in [0.1, 0.15) is 45.6 Å². The number of aromatic nitrogens is 2. The highest BCUT2D eigenvalue weighted by Gasteiger charge is 2.15. The summed E-state index contributed by atoms with van der Waals surface area (Å²) in [5.41, 5.74) is 0.708. The van der Waals surface area contributed by atoms with Crippen molar-refractivity contribution in [1.29, 1.82) is 0 Å². The van der Waals surface area contributed by atoms with Gasteiger partial charge in [-0.3, -0.25) is 9.48 Å². The fourth-order valence-corrected chi connectivity index (χ4v) is 2.63. The van der Waals surface area contributed by atoms with Gasteiger partial charge in [0.25, 0.3) is 0 Å². The number of esters is 1. The van der Waals surface area contributed by atoms with E-state index >= 15 is 0 Å². The van der Waals surface area contributed by atoms with Crippen LogP contribution in [0.5, 0.6) is 5.75 Å². The van der Waals surface area contributed by atoms with Gasteiger partial charge in [-0.25, -0.2) is 0 Å². The molecule has 0 radical (unpaired) electrons. The van der Waals surface area contributed by atoms with Gasteiger partial charge in [0.1, 0.15) is 11.4 Å². The molecule has 1 aromatic carbocycles. The van der Waals surface area contributed by atoms with Crippen molar-refractivity contribution >= 4 is 21.9 Å². The highest BCUT2D eigenvalue weighted by Crippen LogP contribution is 2.16. The molecule has 0 saturated heterocycles. The topological polar surface area (TPSA) is 53.4 Å². The minimum Gasteiger partial charge on any atom is -0.494 e. The number of hydrogen-bond donors (Lipinski definition) is 0. The van der Waals surface area contributed by atoms with Crippen LogP contribution in [0.4, 0.5) is 0 Å². The average Bonchev–Trinajstić information content (AvgIpc) is 2.90. The van der Waals surface area contributed by atoms with Crippen LogP contribution < -0.4 is 4.74 Å². The second kappa shape index (κ2) is 9.04. The van der Waals surface area contributed by atoms with E-state index in [4.69, 9.17) is 9.47 Å². The van der Waals surface area contributed by atoms with Crippen LogP contribution in [0.25, 0.3) is 0 Å². The Morgan fingerprint density at radius 3 is 2.76 bits per heavy atom. The third-order valence-electron chi connectivity index (χ3n) is 3.31. The summed E-state index contributed by atoms with van der Waals surface area (Å²) in [6.07, 6.45) is 5.70. The summed E-state index contributed by atoms with van der Waals surface area (Å²) in [7, 11) is 0. The fraction of sp³-hybridized carbons (Fsp3) is 0.474. The molecule has 6 heteroatoms. The van der Waals surface area contributed by atoms with Crippen LogP contribution >= 0.6 is 15.9 Å². The van der Waals surface area contributed by atoms with E-state index < -0.39 is 5.60 Å². The molecular formula is C19H25BrN2O3. The van der Waals surface area contributed by atoms with Crippen molar-refractivity contribution in [2.45, 2.75) is 52.2 Å². The fourth-order valence-electron chi connectivity index (χ4n) is 2.30. The lowest BCUT2D eigenvalue weighted by molar-refractivity contribution is -0.154. The monoisotopic (exact) mass is 408 g/mol. The van der Waals surface area contributed by atoms with Crippen molar-refractivity contribution in [3.8, 4) is 5.75 Å². The second-order valence-corrected chi connectivity index (χ2v) is 7.81. The van der Waals surface area contributed by atoms with Crippen LogP contribution in [-0.4, -0.2) is 28.0 Å². The lowest BCUT2D eigenvalue weighted by atomic mass is 10.2. The largest absolute Gasteiger partial charge is 0.494 e. The summed E-state index contributed by atoms with van der Waals surface area (Å²) in [6, 6.07) is 7.98. The van der Waals surface area contributed by atoms with E-state index in [-0.39, 0.29) is 5.97 Å². The molecule has 0 bridgehead atoms. The van der Waals surface area contributed by atoms with Gasteiger partial charge >= 0.3 is 5.97 Å². The van der Waals surface area contributed by atoms with Gasteiger partial charge in [-0.05, 0) is 67.2 Å². The van der Waals surface area contributed by atoms with E-state index in [2.05, 4.69) is 21.0 Å². The Balaban J connectivity index is 1.71. The number of halogens is 1. The number of ether oxygens (including phenoxy) is 2. The highest BCUT2D eigenvalue weighted by atomic mass is 79.9. The molecular weight excluding hydrogens is 384 g/mol. The number of hydrogen-bond acceptors (Lipinski definition) is 4. The molecule has 0 amide bonds. The number of rotatable bonds is 8. The molecule has 25 heavy (non-hydrogen) atoms. The Labute approximate surface area is 157 Å². The Morgan fingerprint density at radius 1 is 1.28 bits per heavy atom. The van der Waals surface area contributed by atoms with E-state index in [0.29, 0.717) is 19.6 Å². The number of unbranched alkanes of at least 4 members (excludes halogenated alkanes) is 1. The lowest BCUT2D eigenvalue weighted by Gasteiger charge is -2.19. The van der Waals surface area contributed by atoms with E-state index in [1.165, 1.54) is 0 Å². The molecule has 2 rings (SSSR count). The first kappa shape index (κ1) is 19.5. The standard InChI is InChI=1S/C19H25BrN2O3/c1-19(2,3)25-18(23)9-4-5-10-24-17-8-6-7-15(11-17)13-22-14-16(20)12-21-22/h6-8,11-12,14H,4-5,9-10,13H2,1-3H3. The summed E-state index contributed by atoms with van der Waals surface area (Å²) in [5.74, 6) is 0.681. The van der Waals surface area contributed by atoms with Crippen LogP contribution in [-0.2, 0) is 16.1 Å². The van der Waals surface area contributed by atoms with Gasteiger partial charge in [-0.1, -0.05) is 12.1 Å². The van der Waals surface area contributed by atoms with Crippen molar-refractivity contribution in [2.75, 3.05) is 6.61 Å². The predicted molar refractivity (Wildman–Crippen MR) is 101 cm³/mol. The molecule has 0 N–H and O–H groups in total. The highest BCUT2D eigenvalue weighted by molar-refractivity contribution is 9.10. The van der Waals surface area contributed by atoms with Crippen molar-refractivity contribution in [3.05, 3.63) is 46.7 Å². The zero-order chi connectivity index (χ0) is 18.3. The second-order valence-electron chi connectivity index (χ2n) is 6.90. The summed E-state index contributed by atoms with van der Waals surface area (Å²) >= 11 is 3.39. The van der Waals surface area contributed by atoms with E-state index in [1.807, 2.05) is 55.9 Å². The van der Waals surface area contributed by atoms with Gasteiger partial charge in [0, 0.05) is 12.6 Å². The normalized spacial score (nSPS) is 11.4. The molecule has 0 spiro atoms. The Hall–Kier alpha value is -1.82. The Bertz CT molecular complexity index is 692. The minimum absolute atomic E-state index is 0.153. The molecule has 1 aromatic heterocycles. The zero-order valence-corrected chi connectivity index (χ0v) is 16.6. The lowest BCUT2D eigenvalue weighted by Crippen LogP contribution is -2.23. The number of nitrogens with zero attached hydrogens (tertiary/aromatic N) is 2. The quantitative estimate of drug-likeness (QED) is 0.473. The SMILES string of the molecule is CC(C)(C)OC(=O)CCCCOc1cccc(Cn2cc(Br)cn2)c1. The van der Waals surface area contributed by atoms with E-state index in [0.717, 1.165) is 28.6 Å². The van der Waals surface area contributed by atoms with Gasteiger partial charge in [-0.15, -0.1) is 0 Å². The van der Waals surface area contributed by atoms with Crippen LogP contribution in [0, 0.1) is 0 Å². The van der Waals surface area contributed by atoms with Crippen molar-refractivity contribution in [2.24, 2.45) is 0 Å². The number of benzene rings is 1. The molecule has 0 aliphatic carbocycles.